The van der Waals surface area contributed by atoms with Gasteiger partial charge in [0, 0.05) is 31.5 Å². The molecule has 6 nitrogen and oxygen atoms in total. The van der Waals surface area contributed by atoms with E-state index in [0.29, 0.717) is 13.0 Å². The highest BCUT2D eigenvalue weighted by molar-refractivity contribution is 5.97. The fourth-order valence-corrected chi connectivity index (χ4v) is 2.03. The maximum atomic E-state index is 11.9. The Balaban J connectivity index is 5.27. The van der Waals surface area contributed by atoms with Crippen molar-refractivity contribution in [3.05, 3.63) is 12.2 Å². The molecule has 0 heterocycles. The first-order valence-electron chi connectivity index (χ1n) is 7.03. The van der Waals surface area contributed by atoms with E-state index in [9.17, 15) is 24.6 Å². The highest BCUT2D eigenvalue weighted by atomic mass is 16.5. The zero-order chi connectivity index (χ0) is 16.5. The number of carbonyl (C=O) groups is 3. The van der Waals surface area contributed by atoms with E-state index >= 15 is 0 Å². The van der Waals surface area contributed by atoms with E-state index in [1.807, 2.05) is 6.92 Å². The number of carbonyl (C=O) groups excluding carboxylic acids is 3. The summed E-state index contributed by atoms with van der Waals surface area (Å²) < 4.78 is 5.07. The summed E-state index contributed by atoms with van der Waals surface area (Å²) in [6.45, 7) is 7.24. The Hall–Kier alpha value is -1.69. The second-order valence-electron chi connectivity index (χ2n) is 4.90. The number of hydrogen-bond acceptors (Lipinski definition) is 6. The van der Waals surface area contributed by atoms with Crippen molar-refractivity contribution in [1.29, 1.82) is 0 Å². The fourth-order valence-electron chi connectivity index (χ4n) is 2.03. The van der Waals surface area contributed by atoms with Crippen LogP contribution in [-0.4, -0.2) is 30.9 Å². The van der Waals surface area contributed by atoms with E-state index in [0.717, 1.165) is 6.42 Å². The third kappa shape index (κ3) is 5.67. The molecule has 0 N–H and O–H groups in total. The molecule has 0 amide bonds. The number of Topliss-reactive ketones (excluding diaryl/α,β-unsaturated/α-hetero) is 1. The quantitative estimate of drug-likeness (QED) is 0.358. The Morgan fingerprint density at radius 3 is 2.24 bits per heavy atom. The summed E-state index contributed by atoms with van der Waals surface area (Å²) in [4.78, 5) is 34.4. The van der Waals surface area contributed by atoms with Crippen molar-refractivity contribution in [3.8, 4) is 0 Å². The first-order chi connectivity index (χ1) is 9.81. The highest BCUT2D eigenvalue weighted by Gasteiger charge is 2.37. The Morgan fingerprint density at radius 2 is 1.81 bits per heavy atom. The van der Waals surface area contributed by atoms with Crippen LogP contribution in [0.3, 0.4) is 0 Å². The van der Waals surface area contributed by atoms with Crippen molar-refractivity contribution in [2.24, 2.45) is 5.41 Å². The van der Waals surface area contributed by atoms with Gasteiger partial charge in [0.05, 0.1) is 11.9 Å². The summed E-state index contributed by atoms with van der Waals surface area (Å²) in [5.41, 5.74) is -2.62. The number of aliphatic carboxylic acids is 2. The molecule has 0 aromatic carbocycles. The zero-order valence-electron chi connectivity index (χ0n) is 12.6. The summed E-state index contributed by atoms with van der Waals surface area (Å²) in [6.07, 6.45) is 0.944. The van der Waals surface area contributed by atoms with Gasteiger partial charge in [-0.05, 0) is 25.3 Å². The maximum Gasteiger partial charge on any atom is 0.134 e. The molecular formula is C15H22O6-2. The van der Waals surface area contributed by atoms with Crippen LogP contribution in [0.4, 0.5) is 0 Å². The number of ketones is 1. The van der Waals surface area contributed by atoms with E-state index in [4.69, 9.17) is 4.74 Å². The molecule has 1 unspecified atom stereocenters. The Morgan fingerprint density at radius 1 is 1.19 bits per heavy atom. The number of rotatable bonds is 12. The third-order valence-corrected chi connectivity index (χ3v) is 3.40. The van der Waals surface area contributed by atoms with Crippen LogP contribution in [0, 0.1) is 5.41 Å². The average molecular weight is 298 g/mol. The van der Waals surface area contributed by atoms with Crippen LogP contribution in [-0.2, 0) is 19.1 Å². The molecule has 0 saturated carbocycles. The van der Waals surface area contributed by atoms with Crippen LogP contribution in [0.15, 0.2) is 12.2 Å². The zero-order valence-corrected chi connectivity index (χ0v) is 12.6. The Bertz CT molecular complexity index is 401. The first kappa shape index (κ1) is 19.3. The largest absolute Gasteiger partial charge is 0.549 e. The van der Waals surface area contributed by atoms with Crippen molar-refractivity contribution in [2.75, 3.05) is 13.2 Å². The van der Waals surface area contributed by atoms with Crippen LogP contribution in [0.25, 0.3) is 0 Å². The van der Waals surface area contributed by atoms with Gasteiger partial charge in [-0.15, -0.1) is 0 Å². The Kier molecular flexibility index (Phi) is 8.54. The normalized spacial score (nSPS) is 13.4. The fraction of sp³-hybridized carbons (Fsp3) is 0.667. The monoisotopic (exact) mass is 298 g/mol. The molecule has 0 aliphatic carbocycles. The van der Waals surface area contributed by atoms with Crippen molar-refractivity contribution in [3.63, 3.8) is 0 Å². The van der Waals surface area contributed by atoms with E-state index in [1.54, 1.807) is 6.92 Å². The van der Waals surface area contributed by atoms with Gasteiger partial charge in [-0.3, -0.25) is 4.79 Å². The number of carboxylic acids is 2. The maximum absolute atomic E-state index is 11.9. The SMILES string of the molecule is C=C(C(=O)[O-])C(CCOCC)(CC(=O)CCCC)C(=O)[O-]. The minimum atomic E-state index is -1.97. The lowest BCUT2D eigenvalue weighted by Crippen LogP contribution is -2.49. The van der Waals surface area contributed by atoms with Gasteiger partial charge in [0.2, 0.25) is 0 Å². The smallest absolute Gasteiger partial charge is 0.134 e. The van der Waals surface area contributed by atoms with Gasteiger partial charge in [0.1, 0.15) is 5.78 Å². The van der Waals surface area contributed by atoms with Gasteiger partial charge in [0.25, 0.3) is 0 Å². The van der Waals surface area contributed by atoms with Gasteiger partial charge in [-0.1, -0.05) is 19.9 Å². The van der Waals surface area contributed by atoms with Crippen LogP contribution >= 0.6 is 0 Å². The third-order valence-electron chi connectivity index (χ3n) is 3.40. The van der Waals surface area contributed by atoms with Crippen molar-refractivity contribution < 1.29 is 29.3 Å². The molecule has 0 spiro atoms. The molecule has 21 heavy (non-hydrogen) atoms. The predicted octanol–water partition coefficient (Wildman–Crippen LogP) is -0.395. The molecule has 0 aromatic rings. The minimum Gasteiger partial charge on any atom is -0.549 e. The van der Waals surface area contributed by atoms with Gasteiger partial charge >= 0.3 is 0 Å². The lowest BCUT2D eigenvalue weighted by molar-refractivity contribution is -0.322. The van der Waals surface area contributed by atoms with Crippen molar-refractivity contribution in [2.45, 2.75) is 46.0 Å². The summed E-state index contributed by atoms with van der Waals surface area (Å²) >= 11 is 0. The number of ether oxygens (including phenoxy) is 1. The van der Waals surface area contributed by atoms with E-state index < -0.39 is 29.3 Å². The number of hydrogen-bond donors (Lipinski definition) is 0. The molecule has 0 bridgehead atoms. The lowest BCUT2D eigenvalue weighted by Gasteiger charge is -2.36. The summed E-state index contributed by atoms with van der Waals surface area (Å²) in [6, 6.07) is 0. The second-order valence-corrected chi connectivity index (χ2v) is 4.90. The number of unbranched alkanes of at least 4 members (excludes halogenated alkanes) is 1. The van der Waals surface area contributed by atoms with E-state index in [1.165, 1.54) is 0 Å². The van der Waals surface area contributed by atoms with Gasteiger partial charge in [0.15, 0.2) is 0 Å². The predicted molar refractivity (Wildman–Crippen MR) is 71.8 cm³/mol. The lowest BCUT2D eigenvalue weighted by atomic mass is 9.73. The minimum absolute atomic E-state index is 0.00215. The van der Waals surface area contributed by atoms with Crippen LogP contribution in [0.2, 0.25) is 0 Å². The molecule has 0 fully saturated rings. The first-order valence-corrected chi connectivity index (χ1v) is 7.03. The Labute approximate surface area is 124 Å². The number of carboxylic acid groups (broad SMARTS) is 2. The molecule has 120 valence electrons. The molecule has 0 aromatic heterocycles. The van der Waals surface area contributed by atoms with Crippen molar-refractivity contribution >= 4 is 17.7 Å². The average Bonchev–Trinajstić information content (AvgIpc) is 2.42. The van der Waals surface area contributed by atoms with E-state index in [2.05, 4.69) is 6.58 Å². The molecule has 0 rings (SSSR count). The highest BCUT2D eigenvalue weighted by Crippen LogP contribution is 2.35. The topological polar surface area (TPSA) is 107 Å². The molecule has 0 radical (unpaired) electrons. The van der Waals surface area contributed by atoms with Crippen LogP contribution in [0.5, 0.6) is 0 Å². The van der Waals surface area contributed by atoms with Crippen LogP contribution < -0.4 is 10.2 Å². The molecule has 0 saturated heterocycles. The summed E-state index contributed by atoms with van der Waals surface area (Å²) in [5.74, 6) is -3.67. The van der Waals surface area contributed by atoms with E-state index in [-0.39, 0.29) is 25.2 Å². The molecule has 0 aliphatic rings. The molecule has 0 aliphatic heterocycles. The molecule has 6 heteroatoms. The summed E-state index contributed by atoms with van der Waals surface area (Å²) in [5, 5.41) is 22.5. The second kappa shape index (κ2) is 9.28. The molecule has 1 atom stereocenters. The van der Waals surface area contributed by atoms with Crippen LogP contribution in [0.1, 0.15) is 46.0 Å². The molecular weight excluding hydrogens is 276 g/mol. The van der Waals surface area contributed by atoms with Crippen molar-refractivity contribution in [1.82, 2.24) is 0 Å². The van der Waals surface area contributed by atoms with Gasteiger partial charge < -0.3 is 24.5 Å². The summed E-state index contributed by atoms with van der Waals surface area (Å²) in [7, 11) is 0. The van der Waals surface area contributed by atoms with Gasteiger partial charge in [-0.25, -0.2) is 0 Å². The van der Waals surface area contributed by atoms with Gasteiger partial charge in [-0.2, -0.15) is 0 Å². The standard InChI is InChI=1S/C15H24O6/c1-4-6-7-12(16)10-15(14(19)20,8-9-21-5-2)11(3)13(17)18/h3-10H2,1-2H3,(H,17,18)(H,19,20)/p-2.